The lowest BCUT2D eigenvalue weighted by Gasteiger charge is -2.10. The third-order valence-corrected chi connectivity index (χ3v) is 2.86. The summed E-state index contributed by atoms with van der Waals surface area (Å²) in [6.45, 7) is 1.32. The van der Waals surface area contributed by atoms with Crippen molar-refractivity contribution in [2.75, 3.05) is 30.5 Å². The largest absolute Gasteiger partial charge is 0.490 e. The average molecular weight is 253 g/mol. The maximum absolute atomic E-state index is 11.4. The van der Waals surface area contributed by atoms with Crippen molar-refractivity contribution in [2.45, 2.75) is 6.42 Å². The summed E-state index contributed by atoms with van der Waals surface area (Å²) in [6.07, 6.45) is 2.77. The Morgan fingerprint density at radius 1 is 1.35 bits per heavy atom. The van der Waals surface area contributed by atoms with Crippen LogP contribution < -0.4 is 14.8 Å². The predicted molar refractivity (Wildman–Crippen MR) is 69.1 cm³/mol. The fourth-order valence-electron chi connectivity index (χ4n) is 1.57. The zero-order chi connectivity index (χ0) is 12.1. The van der Waals surface area contributed by atoms with Gasteiger partial charge in [0.25, 0.3) is 0 Å². The van der Waals surface area contributed by atoms with Crippen LogP contribution in [0.1, 0.15) is 6.42 Å². The van der Waals surface area contributed by atoms with Crippen LogP contribution in [0.3, 0.4) is 0 Å². The Labute approximate surface area is 105 Å². The van der Waals surface area contributed by atoms with E-state index in [9.17, 15) is 4.79 Å². The van der Waals surface area contributed by atoms with Crippen LogP contribution in [0.4, 0.5) is 5.69 Å². The average Bonchev–Trinajstić information content (AvgIpc) is 2.53. The van der Waals surface area contributed by atoms with E-state index < -0.39 is 0 Å². The Hall–Kier alpha value is -1.36. The number of hydrogen-bond donors (Lipinski definition) is 1. The molecule has 1 aromatic carbocycles. The van der Waals surface area contributed by atoms with Crippen molar-refractivity contribution in [1.29, 1.82) is 0 Å². The first-order chi connectivity index (χ1) is 8.29. The lowest BCUT2D eigenvalue weighted by atomic mass is 10.2. The summed E-state index contributed by atoms with van der Waals surface area (Å²) >= 11 is 1.49. The van der Waals surface area contributed by atoms with Crippen LogP contribution in [-0.4, -0.2) is 31.1 Å². The van der Waals surface area contributed by atoms with Crippen LogP contribution >= 0.6 is 11.8 Å². The first-order valence-corrected chi connectivity index (χ1v) is 6.87. The van der Waals surface area contributed by atoms with Gasteiger partial charge in [-0.3, -0.25) is 4.79 Å². The lowest BCUT2D eigenvalue weighted by molar-refractivity contribution is -0.113. The van der Waals surface area contributed by atoms with Crippen molar-refractivity contribution in [3.05, 3.63) is 18.2 Å². The highest BCUT2D eigenvalue weighted by atomic mass is 32.2. The smallest absolute Gasteiger partial charge is 0.234 e. The number of carbonyl (C=O) groups is 1. The molecule has 0 radical (unpaired) electrons. The summed E-state index contributed by atoms with van der Waals surface area (Å²) in [5, 5.41) is 2.82. The molecule has 0 saturated heterocycles. The van der Waals surface area contributed by atoms with Crippen LogP contribution in [-0.2, 0) is 4.79 Å². The lowest BCUT2D eigenvalue weighted by Crippen LogP contribution is -2.13. The van der Waals surface area contributed by atoms with Crippen LogP contribution in [0.15, 0.2) is 18.2 Å². The number of fused-ring (bicyclic) bond motifs is 1. The minimum absolute atomic E-state index is 0.00742. The third-order valence-electron chi connectivity index (χ3n) is 2.31. The van der Waals surface area contributed by atoms with Gasteiger partial charge in [0, 0.05) is 18.2 Å². The van der Waals surface area contributed by atoms with Crippen molar-refractivity contribution >= 4 is 23.4 Å². The molecule has 1 heterocycles. The number of carbonyl (C=O) groups excluding carboxylic acids is 1. The molecule has 0 fully saturated rings. The zero-order valence-corrected chi connectivity index (χ0v) is 10.5. The van der Waals surface area contributed by atoms with Crippen LogP contribution in [0.2, 0.25) is 0 Å². The first kappa shape index (κ1) is 12.1. The van der Waals surface area contributed by atoms with Gasteiger partial charge >= 0.3 is 0 Å². The molecule has 17 heavy (non-hydrogen) atoms. The van der Waals surface area contributed by atoms with E-state index in [1.807, 2.05) is 18.4 Å². The van der Waals surface area contributed by atoms with E-state index in [-0.39, 0.29) is 5.91 Å². The van der Waals surface area contributed by atoms with E-state index in [1.54, 1.807) is 6.07 Å². The van der Waals surface area contributed by atoms with Gasteiger partial charge in [-0.05, 0) is 18.4 Å². The number of benzene rings is 1. The molecule has 1 N–H and O–H groups in total. The highest BCUT2D eigenvalue weighted by molar-refractivity contribution is 7.99. The summed E-state index contributed by atoms with van der Waals surface area (Å²) < 4.78 is 11.1. The Bertz CT molecular complexity index is 409. The molecule has 1 amide bonds. The van der Waals surface area contributed by atoms with Crippen LogP contribution in [0.25, 0.3) is 0 Å². The number of thioether (sulfide) groups is 1. The maximum Gasteiger partial charge on any atom is 0.234 e. The summed E-state index contributed by atoms with van der Waals surface area (Å²) in [5.74, 6) is 1.89. The van der Waals surface area contributed by atoms with Crippen molar-refractivity contribution in [3.8, 4) is 11.5 Å². The Morgan fingerprint density at radius 2 is 2.12 bits per heavy atom. The van der Waals surface area contributed by atoms with E-state index in [0.29, 0.717) is 24.7 Å². The second-order valence-corrected chi connectivity index (χ2v) is 4.56. The van der Waals surface area contributed by atoms with E-state index in [0.717, 1.165) is 17.9 Å². The Morgan fingerprint density at radius 3 is 2.88 bits per heavy atom. The molecule has 0 bridgehead atoms. The van der Waals surface area contributed by atoms with E-state index >= 15 is 0 Å². The Kier molecular flexibility index (Phi) is 4.14. The van der Waals surface area contributed by atoms with Crippen LogP contribution in [0.5, 0.6) is 11.5 Å². The standard InChI is InChI=1S/C12H15NO3S/c1-17-8-12(14)13-9-3-4-10-11(7-9)16-6-2-5-15-10/h3-4,7H,2,5-6,8H2,1H3,(H,13,14). The molecule has 0 atom stereocenters. The first-order valence-electron chi connectivity index (χ1n) is 5.48. The van der Waals surface area contributed by atoms with Gasteiger partial charge in [-0.25, -0.2) is 0 Å². The second kappa shape index (κ2) is 5.82. The zero-order valence-electron chi connectivity index (χ0n) is 9.69. The van der Waals surface area contributed by atoms with Gasteiger partial charge in [0.05, 0.1) is 19.0 Å². The van der Waals surface area contributed by atoms with Gasteiger partial charge in [0.1, 0.15) is 0 Å². The number of rotatable bonds is 3. The minimum atomic E-state index is -0.00742. The quantitative estimate of drug-likeness (QED) is 0.896. The number of nitrogens with one attached hydrogen (secondary N) is 1. The van der Waals surface area contributed by atoms with Crippen molar-refractivity contribution in [3.63, 3.8) is 0 Å². The topological polar surface area (TPSA) is 47.6 Å². The molecule has 1 aromatic rings. The highest BCUT2D eigenvalue weighted by Gasteiger charge is 2.11. The second-order valence-electron chi connectivity index (χ2n) is 3.69. The molecule has 1 aliphatic rings. The summed E-state index contributed by atoms with van der Waals surface area (Å²) in [7, 11) is 0. The third kappa shape index (κ3) is 3.30. The summed E-state index contributed by atoms with van der Waals surface area (Å²) in [6, 6.07) is 5.46. The number of hydrogen-bond acceptors (Lipinski definition) is 4. The van der Waals surface area contributed by atoms with Gasteiger partial charge in [-0.15, -0.1) is 0 Å². The van der Waals surface area contributed by atoms with Crippen molar-refractivity contribution in [2.24, 2.45) is 0 Å². The highest BCUT2D eigenvalue weighted by Crippen LogP contribution is 2.32. The molecule has 2 rings (SSSR count). The molecule has 0 saturated carbocycles. The maximum atomic E-state index is 11.4. The van der Waals surface area contributed by atoms with Crippen molar-refractivity contribution < 1.29 is 14.3 Å². The molecule has 0 unspecified atom stereocenters. The fourth-order valence-corrected chi connectivity index (χ4v) is 1.90. The number of ether oxygens (including phenoxy) is 2. The van der Waals surface area contributed by atoms with Gasteiger partial charge in [0.15, 0.2) is 11.5 Å². The summed E-state index contributed by atoms with van der Waals surface area (Å²) in [4.78, 5) is 11.4. The molecule has 4 nitrogen and oxygen atoms in total. The molecule has 0 aromatic heterocycles. The van der Waals surface area contributed by atoms with Crippen LogP contribution in [0, 0.1) is 0 Å². The SMILES string of the molecule is CSCC(=O)Nc1ccc2c(c1)OCCCO2. The summed E-state index contributed by atoms with van der Waals surface area (Å²) in [5.41, 5.74) is 0.744. The van der Waals surface area contributed by atoms with Gasteiger partial charge in [-0.2, -0.15) is 11.8 Å². The number of anilines is 1. The predicted octanol–water partition coefficient (Wildman–Crippen LogP) is 2.15. The fraction of sp³-hybridized carbons (Fsp3) is 0.417. The van der Waals surface area contributed by atoms with E-state index in [4.69, 9.17) is 9.47 Å². The molecule has 0 spiro atoms. The Balaban J connectivity index is 2.09. The molecule has 0 aliphatic carbocycles. The van der Waals surface area contributed by atoms with E-state index in [1.165, 1.54) is 11.8 Å². The van der Waals surface area contributed by atoms with Gasteiger partial charge < -0.3 is 14.8 Å². The molecule has 5 heteroatoms. The molecular weight excluding hydrogens is 238 g/mol. The van der Waals surface area contributed by atoms with Crippen molar-refractivity contribution in [1.82, 2.24) is 0 Å². The number of amides is 1. The molecule has 1 aliphatic heterocycles. The monoisotopic (exact) mass is 253 g/mol. The molecular formula is C12H15NO3S. The minimum Gasteiger partial charge on any atom is -0.490 e. The van der Waals surface area contributed by atoms with E-state index in [2.05, 4.69) is 5.32 Å². The van der Waals surface area contributed by atoms with Gasteiger partial charge in [0.2, 0.25) is 5.91 Å². The molecule has 92 valence electrons. The normalized spacial score (nSPS) is 13.9. The van der Waals surface area contributed by atoms with Gasteiger partial charge in [-0.1, -0.05) is 0 Å².